The van der Waals surface area contributed by atoms with Crippen molar-refractivity contribution in [1.82, 2.24) is 10.3 Å². The summed E-state index contributed by atoms with van der Waals surface area (Å²) in [5, 5.41) is 14.0. The van der Waals surface area contributed by atoms with E-state index in [1.165, 1.54) is 19.2 Å². The van der Waals surface area contributed by atoms with Crippen LogP contribution >= 0.6 is 0 Å². The molecule has 0 saturated heterocycles. The lowest BCUT2D eigenvalue weighted by Crippen LogP contribution is -2.46. The van der Waals surface area contributed by atoms with Crippen molar-refractivity contribution in [2.45, 2.75) is 25.2 Å². The van der Waals surface area contributed by atoms with E-state index in [2.05, 4.69) is 10.3 Å². The summed E-state index contributed by atoms with van der Waals surface area (Å²) in [4.78, 5) is 28.8. The Balaban J connectivity index is 1.58. The van der Waals surface area contributed by atoms with Crippen LogP contribution in [-0.4, -0.2) is 29.3 Å². The molecule has 1 amide bonds. The Bertz CT molecular complexity index is 1270. The number of fused-ring (bicyclic) bond motifs is 1. The number of ether oxygens (including phenoxy) is 2. The lowest BCUT2D eigenvalue weighted by atomic mass is 10.0. The third kappa shape index (κ3) is 5.41. The standard InChI is InChI=1S/C26H24N2O6/c1-32-23(29)20-12-13-22-21(16-20)27-24(34-22)26(31,15-14-18-8-4-2-5-9-18)28-25(30)33-17-19-10-6-3-7-11-19/h2-13,16,31H,14-15,17H2,1H3,(H,28,30). The molecule has 3 aromatic carbocycles. The average Bonchev–Trinajstić information content (AvgIpc) is 3.31. The molecule has 1 atom stereocenters. The smallest absolute Gasteiger partial charge is 0.410 e. The Morgan fingerprint density at radius 1 is 1.00 bits per heavy atom. The number of aryl methyl sites for hydroxylation is 1. The number of carbonyl (C=O) groups excluding carboxylic acids is 2. The summed E-state index contributed by atoms with van der Waals surface area (Å²) in [6.07, 6.45) is -0.312. The fourth-order valence-corrected chi connectivity index (χ4v) is 3.47. The molecule has 0 radical (unpaired) electrons. The zero-order chi connectivity index (χ0) is 24.0. The number of hydrogen-bond acceptors (Lipinski definition) is 7. The van der Waals surface area contributed by atoms with Crippen LogP contribution < -0.4 is 5.32 Å². The number of amides is 1. The fourth-order valence-electron chi connectivity index (χ4n) is 3.47. The maximum atomic E-state index is 12.6. The van der Waals surface area contributed by atoms with Gasteiger partial charge in [0.2, 0.25) is 11.6 Å². The van der Waals surface area contributed by atoms with Gasteiger partial charge >= 0.3 is 12.1 Å². The molecule has 0 aliphatic carbocycles. The van der Waals surface area contributed by atoms with Crippen molar-refractivity contribution < 1.29 is 28.6 Å². The molecule has 174 valence electrons. The lowest BCUT2D eigenvalue weighted by molar-refractivity contribution is -0.0301. The quantitative estimate of drug-likeness (QED) is 0.298. The average molecular weight is 460 g/mol. The van der Waals surface area contributed by atoms with Gasteiger partial charge in [-0.2, -0.15) is 0 Å². The third-order valence-corrected chi connectivity index (χ3v) is 5.30. The van der Waals surface area contributed by atoms with Gasteiger partial charge in [-0.25, -0.2) is 14.6 Å². The summed E-state index contributed by atoms with van der Waals surface area (Å²) in [6.45, 7) is 0.0392. The van der Waals surface area contributed by atoms with Crippen molar-refractivity contribution in [3.05, 3.63) is 101 Å². The van der Waals surface area contributed by atoms with E-state index in [9.17, 15) is 14.7 Å². The van der Waals surface area contributed by atoms with E-state index in [4.69, 9.17) is 13.9 Å². The van der Waals surface area contributed by atoms with E-state index < -0.39 is 17.8 Å². The van der Waals surface area contributed by atoms with E-state index >= 15 is 0 Å². The first-order chi connectivity index (χ1) is 16.5. The highest BCUT2D eigenvalue weighted by atomic mass is 16.6. The van der Waals surface area contributed by atoms with E-state index in [0.29, 0.717) is 17.5 Å². The molecular formula is C26H24N2O6. The highest BCUT2D eigenvalue weighted by molar-refractivity contribution is 5.93. The van der Waals surface area contributed by atoms with Crippen LogP contribution in [0.15, 0.2) is 83.3 Å². The van der Waals surface area contributed by atoms with Crippen molar-refractivity contribution in [2.24, 2.45) is 0 Å². The third-order valence-electron chi connectivity index (χ3n) is 5.30. The van der Waals surface area contributed by atoms with Crippen LogP contribution in [-0.2, 0) is 28.2 Å². The van der Waals surface area contributed by atoms with Crippen LogP contribution in [0.1, 0.15) is 33.8 Å². The predicted molar refractivity (Wildman–Crippen MR) is 124 cm³/mol. The highest BCUT2D eigenvalue weighted by Crippen LogP contribution is 2.28. The SMILES string of the molecule is COC(=O)c1ccc2oc(C(O)(CCc3ccccc3)NC(=O)OCc3ccccc3)nc2c1. The number of methoxy groups -OCH3 is 1. The zero-order valence-corrected chi connectivity index (χ0v) is 18.6. The number of esters is 1. The monoisotopic (exact) mass is 460 g/mol. The molecule has 1 aromatic heterocycles. The molecule has 0 aliphatic heterocycles. The molecule has 0 spiro atoms. The van der Waals surface area contributed by atoms with Crippen molar-refractivity contribution in [3.63, 3.8) is 0 Å². The van der Waals surface area contributed by atoms with E-state index in [0.717, 1.165) is 11.1 Å². The highest BCUT2D eigenvalue weighted by Gasteiger charge is 2.37. The Hall–Kier alpha value is -4.17. The zero-order valence-electron chi connectivity index (χ0n) is 18.6. The molecule has 4 aromatic rings. The predicted octanol–water partition coefficient (Wildman–Crippen LogP) is 4.32. The number of rotatable bonds is 8. The van der Waals surface area contributed by atoms with Crippen LogP contribution in [0, 0.1) is 0 Å². The molecule has 0 saturated carbocycles. The second-order valence-corrected chi connectivity index (χ2v) is 7.73. The Morgan fingerprint density at radius 2 is 1.68 bits per heavy atom. The molecule has 2 N–H and O–H groups in total. The number of benzene rings is 3. The number of alkyl carbamates (subject to hydrolysis) is 1. The number of aliphatic hydroxyl groups is 1. The number of nitrogens with one attached hydrogen (secondary N) is 1. The van der Waals surface area contributed by atoms with Gasteiger partial charge in [-0.15, -0.1) is 0 Å². The van der Waals surface area contributed by atoms with E-state index in [-0.39, 0.29) is 24.5 Å². The number of aromatic nitrogens is 1. The summed E-state index contributed by atoms with van der Waals surface area (Å²) in [6, 6.07) is 23.3. The molecule has 34 heavy (non-hydrogen) atoms. The van der Waals surface area contributed by atoms with E-state index in [1.807, 2.05) is 60.7 Å². The number of nitrogens with zero attached hydrogens (tertiary/aromatic N) is 1. The first kappa shape index (κ1) is 23.0. The maximum absolute atomic E-state index is 12.6. The second-order valence-electron chi connectivity index (χ2n) is 7.73. The Kier molecular flexibility index (Phi) is 6.89. The maximum Gasteiger partial charge on any atom is 0.410 e. The molecule has 8 heteroatoms. The van der Waals surface area contributed by atoms with E-state index in [1.54, 1.807) is 6.07 Å². The lowest BCUT2D eigenvalue weighted by Gasteiger charge is -2.25. The van der Waals surface area contributed by atoms with Crippen molar-refractivity contribution in [2.75, 3.05) is 7.11 Å². The van der Waals surface area contributed by atoms with Crippen LogP contribution in [0.25, 0.3) is 11.1 Å². The first-order valence-corrected chi connectivity index (χ1v) is 10.7. The van der Waals surface area contributed by atoms with Gasteiger partial charge < -0.3 is 19.0 Å². The van der Waals surface area contributed by atoms with Crippen molar-refractivity contribution in [3.8, 4) is 0 Å². The fraction of sp³-hybridized carbons (Fsp3) is 0.192. The van der Waals surface area contributed by atoms with Gasteiger partial charge in [0, 0.05) is 6.42 Å². The number of carbonyl (C=O) groups is 2. The van der Waals surface area contributed by atoms with Crippen molar-refractivity contribution >= 4 is 23.2 Å². The molecular weight excluding hydrogens is 436 g/mol. The molecule has 8 nitrogen and oxygen atoms in total. The largest absolute Gasteiger partial charge is 0.465 e. The van der Waals surface area contributed by atoms with Crippen LogP contribution in [0.3, 0.4) is 0 Å². The topological polar surface area (TPSA) is 111 Å². The first-order valence-electron chi connectivity index (χ1n) is 10.7. The second kappa shape index (κ2) is 10.2. The summed E-state index contributed by atoms with van der Waals surface area (Å²) < 4.78 is 15.8. The summed E-state index contributed by atoms with van der Waals surface area (Å²) >= 11 is 0. The normalized spacial score (nSPS) is 12.6. The van der Waals surface area contributed by atoms with Gasteiger partial charge in [0.1, 0.15) is 12.1 Å². The van der Waals surface area contributed by atoms with Gasteiger partial charge in [0.05, 0.1) is 12.7 Å². The summed E-state index contributed by atoms with van der Waals surface area (Å²) in [5.74, 6) is -0.634. The minimum Gasteiger partial charge on any atom is -0.465 e. The summed E-state index contributed by atoms with van der Waals surface area (Å²) in [7, 11) is 1.29. The van der Waals surface area contributed by atoms with Gasteiger partial charge in [-0.05, 0) is 35.7 Å². The van der Waals surface area contributed by atoms with Gasteiger partial charge in [-0.1, -0.05) is 60.7 Å². The number of oxazole rings is 1. The minimum absolute atomic E-state index is 0.0392. The molecule has 4 rings (SSSR count). The van der Waals surface area contributed by atoms with Gasteiger partial charge in [-0.3, -0.25) is 5.32 Å². The van der Waals surface area contributed by atoms with Gasteiger partial charge in [0.15, 0.2) is 5.58 Å². The molecule has 1 unspecified atom stereocenters. The molecule has 0 fully saturated rings. The number of hydrogen-bond donors (Lipinski definition) is 2. The van der Waals surface area contributed by atoms with Crippen LogP contribution in [0.2, 0.25) is 0 Å². The summed E-state index contributed by atoms with van der Waals surface area (Å²) in [5.41, 5.74) is 0.800. The van der Waals surface area contributed by atoms with Crippen molar-refractivity contribution in [1.29, 1.82) is 0 Å². The molecule has 0 bridgehead atoms. The van der Waals surface area contributed by atoms with Crippen LogP contribution in [0.4, 0.5) is 4.79 Å². The van der Waals surface area contributed by atoms with Crippen LogP contribution in [0.5, 0.6) is 0 Å². The minimum atomic E-state index is -1.95. The molecule has 0 aliphatic rings. The Morgan fingerprint density at radius 3 is 2.35 bits per heavy atom. The van der Waals surface area contributed by atoms with Gasteiger partial charge in [0.25, 0.3) is 0 Å². The Labute approximate surface area is 196 Å². The molecule has 1 heterocycles.